The van der Waals surface area contributed by atoms with Gasteiger partial charge in [-0.15, -0.1) is 12.8 Å². The van der Waals surface area contributed by atoms with E-state index in [1.165, 1.54) is 31.4 Å². The van der Waals surface area contributed by atoms with Crippen molar-refractivity contribution in [3.05, 3.63) is 35.6 Å². The fourth-order valence-corrected chi connectivity index (χ4v) is 3.14. The number of aromatic amines is 1. The van der Waals surface area contributed by atoms with Gasteiger partial charge in [0.05, 0.1) is 12.7 Å². The van der Waals surface area contributed by atoms with Crippen LogP contribution in [0, 0.1) is 12.8 Å². The second-order valence-electron chi connectivity index (χ2n) is 7.02. The zero-order valence-electron chi connectivity index (χ0n) is 17.5. The van der Waals surface area contributed by atoms with Crippen molar-refractivity contribution in [2.24, 2.45) is 0 Å². The summed E-state index contributed by atoms with van der Waals surface area (Å²) in [4.78, 5) is 31.5. The van der Waals surface area contributed by atoms with Gasteiger partial charge < -0.3 is 15.5 Å². The molecule has 1 saturated heterocycles. The number of terminal acetylenes is 1. The number of aromatic nitrogens is 7. The molecule has 0 radical (unpaired) electrons. The van der Waals surface area contributed by atoms with Crippen LogP contribution in [-0.2, 0) is 4.79 Å². The summed E-state index contributed by atoms with van der Waals surface area (Å²) in [5, 5.41) is 12.6. The number of hydrogen-bond donors (Lipinski definition) is 3. The van der Waals surface area contributed by atoms with E-state index in [0.717, 1.165) is 5.69 Å². The van der Waals surface area contributed by atoms with E-state index in [2.05, 4.69) is 58.6 Å². The average Bonchev–Trinajstić information content (AvgIpc) is 3.42. The smallest absolute Gasteiger partial charge is 0.234 e. The van der Waals surface area contributed by atoms with E-state index in [9.17, 15) is 9.18 Å². The number of anilines is 4. The van der Waals surface area contributed by atoms with Crippen LogP contribution in [0.4, 0.5) is 27.9 Å². The first-order valence-electron chi connectivity index (χ1n) is 10.0. The van der Waals surface area contributed by atoms with Crippen LogP contribution in [-0.4, -0.2) is 60.8 Å². The Bertz CT molecular complexity index is 1060. The Balaban J connectivity index is 0.000000234. The molecule has 1 aliphatic carbocycles. The number of alkyl halides is 1. The summed E-state index contributed by atoms with van der Waals surface area (Å²) in [7, 11) is 0. The Morgan fingerprint density at radius 2 is 2.00 bits per heavy atom. The van der Waals surface area contributed by atoms with E-state index in [4.69, 9.17) is 11.6 Å². The SMILES string of the molecule is C#C.F[C@@H]1CCN(c2nc(Cl)nc(Nc3cc(C4CC4)[nH]n3)n2)C1.O=CNc1cnccn1. The third-order valence-corrected chi connectivity index (χ3v) is 4.80. The maximum Gasteiger partial charge on any atom is 0.234 e. The minimum Gasteiger partial charge on any atom is -0.338 e. The first-order valence-corrected chi connectivity index (χ1v) is 10.4. The van der Waals surface area contributed by atoms with Gasteiger partial charge in [0.1, 0.15) is 6.17 Å². The van der Waals surface area contributed by atoms with Gasteiger partial charge in [-0.1, -0.05) is 0 Å². The van der Waals surface area contributed by atoms with Crippen molar-refractivity contribution in [3.8, 4) is 12.8 Å². The highest BCUT2D eigenvalue weighted by atomic mass is 35.5. The second-order valence-corrected chi connectivity index (χ2v) is 7.36. The average molecular weight is 473 g/mol. The quantitative estimate of drug-likeness (QED) is 0.365. The highest BCUT2D eigenvalue weighted by Gasteiger charge is 2.26. The highest BCUT2D eigenvalue weighted by Crippen LogP contribution is 2.39. The highest BCUT2D eigenvalue weighted by molar-refractivity contribution is 6.28. The molecule has 0 unspecified atom stereocenters. The second kappa shape index (κ2) is 11.7. The molecule has 11 nitrogen and oxygen atoms in total. The molecule has 3 aromatic heterocycles. The number of halogens is 2. The first-order chi connectivity index (χ1) is 16.1. The maximum absolute atomic E-state index is 13.3. The van der Waals surface area contributed by atoms with Gasteiger partial charge in [0.2, 0.25) is 23.6 Å². The molecule has 3 aromatic rings. The summed E-state index contributed by atoms with van der Waals surface area (Å²) in [5.74, 6) is 2.39. The third-order valence-electron chi connectivity index (χ3n) is 4.63. The molecular formula is C20H22ClFN10O. The van der Waals surface area contributed by atoms with Crippen molar-refractivity contribution >= 4 is 41.5 Å². The van der Waals surface area contributed by atoms with Crippen LogP contribution < -0.4 is 15.5 Å². The molecule has 13 heteroatoms. The van der Waals surface area contributed by atoms with Crippen molar-refractivity contribution in [1.29, 1.82) is 0 Å². The van der Waals surface area contributed by atoms with Crippen LogP contribution in [0.25, 0.3) is 0 Å². The number of rotatable bonds is 6. The van der Waals surface area contributed by atoms with Crippen LogP contribution in [0.5, 0.6) is 0 Å². The minimum atomic E-state index is -0.848. The number of hydrogen-bond acceptors (Lipinski definition) is 9. The van der Waals surface area contributed by atoms with Gasteiger partial charge in [0.25, 0.3) is 0 Å². The molecule has 1 atom stereocenters. The summed E-state index contributed by atoms with van der Waals surface area (Å²) >= 11 is 5.95. The summed E-state index contributed by atoms with van der Waals surface area (Å²) in [6.07, 6.45) is 15.1. The number of carbonyl (C=O) groups excluding carboxylic acids is 1. The number of carbonyl (C=O) groups is 1. The fourth-order valence-electron chi connectivity index (χ4n) is 2.99. The van der Waals surface area contributed by atoms with Gasteiger partial charge in [-0.05, 0) is 30.9 Å². The number of nitrogens with one attached hydrogen (secondary N) is 3. The zero-order chi connectivity index (χ0) is 23.6. The van der Waals surface area contributed by atoms with Gasteiger partial charge >= 0.3 is 0 Å². The molecule has 3 N–H and O–H groups in total. The first kappa shape index (κ1) is 23.8. The number of amides is 1. The summed E-state index contributed by atoms with van der Waals surface area (Å²) in [6, 6.07) is 1.95. The Kier molecular flexibility index (Phi) is 8.43. The molecule has 4 heterocycles. The molecule has 0 spiro atoms. The van der Waals surface area contributed by atoms with E-state index in [0.29, 0.717) is 48.8 Å². The Labute approximate surface area is 194 Å². The Morgan fingerprint density at radius 1 is 1.18 bits per heavy atom. The molecule has 5 rings (SSSR count). The predicted molar refractivity (Wildman–Crippen MR) is 122 cm³/mol. The van der Waals surface area contributed by atoms with E-state index in [1.54, 1.807) is 4.90 Å². The normalized spacial score (nSPS) is 16.6. The van der Waals surface area contributed by atoms with Crippen LogP contribution in [0.15, 0.2) is 24.7 Å². The largest absolute Gasteiger partial charge is 0.338 e. The summed E-state index contributed by atoms with van der Waals surface area (Å²) < 4.78 is 13.3. The molecule has 172 valence electrons. The lowest BCUT2D eigenvalue weighted by molar-refractivity contribution is -0.105. The van der Waals surface area contributed by atoms with E-state index in [1.807, 2.05) is 6.07 Å². The van der Waals surface area contributed by atoms with Gasteiger partial charge in [0.15, 0.2) is 11.6 Å². The fraction of sp³-hybridized carbons (Fsp3) is 0.350. The lowest BCUT2D eigenvalue weighted by Crippen LogP contribution is -2.23. The lowest BCUT2D eigenvalue weighted by Gasteiger charge is -2.15. The van der Waals surface area contributed by atoms with Crippen LogP contribution in [0.2, 0.25) is 5.28 Å². The van der Waals surface area contributed by atoms with Gasteiger partial charge in [0, 0.05) is 36.6 Å². The molecule has 1 amide bonds. The molecule has 0 aromatic carbocycles. The van der Waals surface area contributed by atoms with Crippen molar-refractivity contribution in [1.82, 2.24) is 35.1 Å². The van der Waals surface area contributed by atoms with Crippen LogP contribution >= 0.6 is 11.6 Å². The molecule has 2 fully saturated rings. The Hall–Kier alpha value is -3.85. The standard InChI is InChI=1S/C13H15ClFN7.C5H5N3O.C2H2/c14-11-17-12(16-10-5-9(20-21-10)7-1-2-7)19-13(18-11)22-4-3-8(15)6-22;9-4-8-5-3-6-1-2-7-5;1-2/h5,7-8H,1-4,6H2,(H2,16,17,18,19,20,21);1-4H,(H,7,8,9);1-2H/t8-;;/m1../s1. The van der Waals surface area contributed by atoms with Crippen molar-refractivity contribution in [2.45, 2.75) is 31.4 Å². The van der Waals surface area contributed by atoms with Gasteiger partial charge in [-0.25, -0.2) is 9.37 Å². The van der Waals surface area contributed by atoms with Crippen LogP contribution in [0.3, 0.4) is 0 Å². The van der Waals surface area contributed by atoms with E-state index >= 15 is 0 Å². The number of nitrogens with zero attached hydrogens (tertiary/aromatic N) is 7. The molecule has 2 aliphatic rings. The molecular weight excluding hydrogens is 451 g/mol. The third kappa shape index (κ3) is 7.08. The van der Waals surface area contributed by atoms with Crippen LogP contribution in [0.1, 0.15) is 30.9 Å². The van der Waals surface area contributed by atoms with Gasteiger partial charge in [-0.3, -0.25) is 14.9 Å². The Morgan fingerprint density at radius 3 is 2.64 bits per heavy atom. The van der Waals surface area contributed by atoms with E-state index in [-0.39, 0.29) is 11.8 Å². The topological polar surface area (TPSA) is 138 Å². The van der Waals surface area contributed by atoms with E-state index < -0.39 is 6.17 Å². The lowest BCUT2D eigenvalue weighted by atomic mass is 10.3. The molecule has 1 aliphatic heterocycles. The summed E-state index contributed by atoms with van der Waals surface area (Å²) in [6.45, 7) is 0.864. The molecule has 0 bridgehead atoms. The monoisotopic (exact) mass is 472 g/mol. The minimum absolute atomic E-state index is 0.0766. The zero-order valence-corrected chi connectivity index (χ0v) is 18.3. The number of H-pyrrole nitrogens is 1. The molecule has 1 saturated carbocycles. The maximum atomic E-state index is 13.3. The predicted octanol–water partition coefficient (Wildman–Crippen LogP) is 2.71. The van der Waals surface area contributed by atoms with Crippen molar-refractivity contribution in [2.75, 3.05) is 28.6 Å². The van der Waals surface area contributed by atoms with Gasteiger partial charge in [-0.2, -0.15) is 20.1 Å². The van der Waals surface area contributed by atoms with Crippen molar-refractivity contribution < 1.29 is 9.18 Å². The van der Waals surface area contributed by atoms with Crippen molar-refractivity contribution in [3.63, 3.8) is 0 Å². The summed E-state index contributed by atoms with van der Waals surface area (Å²) in [5.41, 5.74) is 1.11. The molecule has 33 heavy (non-hydrogen) atoms.